The van der Waals surface area contributed by atoms with Gasteiger partial charge < -0.3 is 15.6 Å². The van der Waals surface area contributed by atoms with E-state index < -0.39 is 0 Å². The van der Waals surface area contributed by atoms with Gasteiger partial charge in [-0.15, -0.1) is 0 Å². The summed E-state index contributed by atoms with van der Waals surface area (Å²) in [5, 5.41) is 7.96. The van der Waals surface area contributed by atoms with Crippen LogP contribution in [0, 0.1) is 13.8 Å². The predicted molar refractivity (Wildman–Crippen MR) is 125 cm³/mol. The Hall–Kier alpha value is -4.00. The lowest BCUT2D eigenvalue weighted by atomic mass is 10.1. The zero-order valence-corrected chi connectivity index (χ0v) is 17.5. The molecule has 0 atom stereocenters. The van der Waals surface area contributed by atoms with Crippen LogP contribution in [0.3, 0.4) is 0 Å². The molecule has 0 unspecified atom stereocenters. The molecule has 0 fully saturated rings. The molecule has 3 N–H and O–H groups in total. The zero-order chi connectivity index (χ0) is 21.2. The Morgan fingerprint density at radius 3 is 2.68 bits per heavy atom. The number of hydrogen-bond donors (Lipinski definition) is 3. The van der Waals surface area contributed by atoms with Crippen molar-refractivity contribution < 1.29 is 0 Å². The van der Waals surface area contributed by atoms with Gasteiger partial charge in [0.25, 0.3) is 0 Å². The Labute approximate surface area is 180 Å². The molecule has 7 nitrogen and oxygen atoms in total. The van der Waals surface area contributed by atoms with E-state index in [1.54, 1.807) is 12.4 Å². The van der Waals surface area contributed by atoms with E-state index in [2.05, 4.69) is 85.8 Å². The topological polar surface area (TPSA) is 91.4 Å². The monoisotopic (exact) mass is 409 g/mol. The maximum Gasteiger partial charge on any atom is 0.226 e. The van der Waals surface area contributed by atoms with E-state index in [0.29, 0.717) is 29.5 Å². The van der Waals surface area contributed by atoms with Gasteiger partial charge in [0.2, 0.25) is 5.95 Å². The van der Waals surface area contributed by atoms with Gasteiger partial charge in [-0.2, -0.15) is 9.97 Å². The van der Waals surface area contributed by atoms with Crippen LogP contribution in [0.5, 0.6) is 0 Å². The van der Waals surface area contributed by atoms with E-state index in [1.165, 1.54) is 16.6 Å². The molecule has 0 amide bonds. The Morgan fingerprint density at radius 1 is 0.935 bits per heavy atom. The lowest BCUT2D eigenvalue weighted by molar-refractivity contribution is 0.960. The van der Waals surface area contributed by atoms with Crippen LogP contribution in [0.1, 0.15) is 16.8 Å². The van der Waals surface area contributed by atoms with Crippen LogP contribution in [-0.2, 0) is 6.42 Å². The fourth-order valence-electron chi connectivity index (χ4n) is 3.69. The molecule has 0 bridgehead atoms. The van der Waals surface area contributed by atoms with Crippen molar-refractivity contribution in [2.45, 2.75) is 20.3 Å². The number of aryl methyl sites for hydroxylation is 2. The second-order valence-corrected chi connectivity index (χ2v) is 7.63. The minimum atomic E-state index is 0.524. The first kappa shape index (κ1) is 19.0. The lowest BCUT2D eigenvalue weighted by Crippen LogP contribution is -2.10. The number of aromatic amines is 1. The van der Waals surface area contributed by atoms with Gasteiger partial charge in [-0.05, 0) is 43.0 Å². The maximum atomic E-state index is 4.69. The molecule has 31 heavy (non-hydrogen) atoms. The normalized spacial score (nSPS) is 11.2. The molecule has 0 spiro atoms. The highest BCUT2D eigenvalue weighted by atomic mass is 15.2. The third-order valence-electron chi connectivity index (χ3n) is 5.23. The zero-order valence-electron chi connectivity index (χ0n) is 17.5. The highest BCUT2D eigenvalue weighted by molar-refractivity contribution is 5.86. The number of H-pyrrole nitrogens is 1. The summed E-state index contributed by atoms with van der Waals surface area (Å²) in [6, 6.07) is 16.7. The van der Waals surface area contributed by atoms with E-state index >= 15 is 0 Å². The molecule has 0 saturated carbocycles. The number of benzene rings is 2. The van der Waals surface area contributed by atoms with Gasteiger partial charge in [-0.1, -0.05) is 35.9 Å². The van der Waals surface area contributed by atoms with E-state index in [9.17, 15) is 0 Å². The molecule has 0 aliphatic carbocycles. The molecular formula is C24H23N7. The summed E-state index contributed by atoms with van der Waals surface area (Å²) >= 11 is 0. The fourth-order valence-corrected chi connectivity index (χ4v) is 3.69. The van der Waals surface area contributed by atoms with Crippen LogP contribution in [0.25, 0.3) is 22.1 Å². The number of hydrogen-bond acceptors (Lipinski definition) is 6. The van der Waals surface area contributed by atoms with Crippen molar-refractivity contribution in [2.75, 3.05) is 17.2 Å². The van der Waals surface area contributed by atoms with Crippen molar-refractivity contribution >= 4 is 39.5 Å². The first-order chi connectivity index (χ1) is 15.2. The maximum absolute atomic E-state index is 4.69. The quantitative estimate of drug-likeness (QED) is 0.369. The molecular weight excluding hydrogens is 386 g/mol. The average molecular weight is 409 g/mol. The van der Waals surface area contributed by atoms with E-state index in [4.69, 9.17) is 0 Å². The number of nitrogens with zero attached hydrogens (tertiary/aromatic N) is 4. The van der Waals surface area contributed by atoms with E-state index in [1.807, 2.05) is 12.1 Å². The van der Waals surface area contributed by atoms with Gasteiger partial charge in [0.05, 0.1) is 0 Å². The molecule has 2 aromatic carbocycles. The van der Waals surface area contributed by atoms with Crippen molar-refractivity contribution in [1.82, 2.24) is 24.9 Å². The molecule has 0 radical (unpaired) electrons. The molecule has 7 heteroatoms. The minimum absolute atomic E-state index is 0.524. The first-order valence-electron chi connectivity index (χ1n) is 10.3. The third kappa shape index (κ3) is 4.02. The van der Waals surface area contributed by atoms with Gasteiger partial charge >= 0.3 is 0 Å². The summed E-state index contributed by atoms with van der Waals surface area (Å²) in [7, 11) is 0. The van der Waals surface area contributed by atoms with E-state index in [0.717, 1.165) is 23.2 Å². The van der Waals surface area contributed by atoms with Gasteiger partial charge in [0.15, 0.2) is 17.0 Å². The highest BCUT2D eigenvalue weighted by Gasteiger charge is 2.11. The summed E-state index contributed by atoms with van der Waals surface area (Å²) in [5.41, 5.74) is 6.86. The molecule has 3 aromatic heterocycles. The van der Waals surface area contributed by atoms with Crippen molar-refractivity contribution in [3.05, 3.63) is 77.7 Å². The van der Waals surface area contributed by atoms with Gasteiger partial charge in [-0.25, -0.2) is 9.97 Å². The standard InChI is InChI=1S/C24H23N7/c1-15-7-8-19(16(2)13-15)29-23-21-22(26-12-11-25-21)30-24(31-23)27-10-9-18-14-17-5-3-4-6-20(17)28-18/h3-8,11-14,28H,9-10H2,1-2H3,(H2,26,27,29,30,31). The third-order valence-corrected chi connectivity index (χ3v) is 5.23. The molecule has 0 aliphatic heterocycles. The molecule has 5 aromatic rings. The van der Waals surface area contributed by atoms with Crippen molar-refractivity contribution in [3.8, 4) is 0 Å². The SMILES string of the molecule is Cc1ccc(Nc2nc(NCCc3cc4ccccc4[nH]3)nc3nccnc23)c(C)c1. The van der Waals surface area contributed by atoms with Crippen LogP contribution in [0.2, 0.25) is 0 Å². The summed E-state index contributed by atoms with van der Waals surface area (Å²) in [5.74, 6) is 1.16. The molecule has 154 valence electrons. The number of rotatable bonds is 6. The van der Waals surface area contributed by atoms with Crippen LogP contribution >= 0.6 is 0 Å². The number of para-hydroxylation sites is 1. The second kappa shape index (κ2) is 8.02. The summed E-state index contributed by atoms with van der Waals surface area (Å²) < 4.78 is 0. The molecule has 3 heterocycles. The van der Waals surface area contributed by atoms with Crippen molar-refractivity contribution in [1.29, 1.82) is 0 Å². The summed E-state index contributed by atoms with van der Waals surface area (Å²) in [4.78, 5) is 21.5. The van der Waals surface area contributed by atoms with Crippen LogP contribution < -0.4 is 10.6 Å². The Balaban J connectivity index is 1.38. The van der Waals surface area contributed by atoms with Crippen molar-refractivity contribution in [2.24, 2.45) is 0 Å². The average Bonchev–Trinajstić information content (AvgIpc) is 3.18. The number of nitrogens with one attached hydrogen (secondary N) is 3. The van der Waals surface area contributed by atoms with Crippen LogP contribution in [-0.4, -0.2) is 31.5 Å². The van der Waals surface area contributed by atoms with Gasteiger partial charge in [0.1, 0.15) is 0 Å². The number of aromatic nitrogens is 5. The first-order valence-corrected chi connectivity index (χ1v) is 10.3. The predicted octanol–water partition coefficient (Wildman–Crippen LogP) is 4.92. The summed E-state index contributed by atoms with van der Waals surface area (Å²) in [6.45, 7) is 4.85. The molecule has 5 rings (SSSR count). The van der Waals surface area contributed by atoms with Crippen LogP contribution in [0.15, 0.2) is 60.9 Å². The molecule has 0 saturated heterocycles. The van der Waals surface area contributed by atoms with Crippen LogP contribution in [0.4, 0.5) is 17.5 Å². The second-order valence-electron chi connectivity index (χ2n) is 7.63. The smallest absolute Gasteiger partial charge is 0.226 e. The fraction of sp³-hybridized carbons (Fsp3) is 0.167. The summed E-state index contributed by atoms with van der Waals surface area (Å²) in [6.07, 6.45) is 4.13. The number of anilines is 3. The van der Waals surface area contributed by atoms with Crippen molar-refractivity contribution in [3.63, 3.8) is 0 Å². The minimum Gasteiger partial charge on any atom is -0.358 e. The number of fused-ring (bicyclic) bond motifs is 2. The Morgan fingerprint density at radius 2 is 1.81 bits per heavy atom. The Kier molecular flexibility index (Phi) is 4.92. The van der Waals surface area contributed by atoms with E-state index in [-0.39, 0.29) is 0 Å². The Bertz CT molecular complexity index is 1340. The molecule has 0 aliphatic rings. The van der Waals surface area contributed by atoms with Gasteiger partial charge in [-0.3, -0.25) is 0 Å². The van der Waals surface area contributed by atoms with Gasteiger partial charge in [0, 0.05) is 42.3 Å². The highest BCUT2D eigenvalue weighted by Crippen LogP contribution is 2.25. The largest absolute Gasteiger partial charge is 0.358 e. The lowest BCUT2D eigenvalue weighted by Gasteiger charge is -2.12.